The van der Waals surface area contributed by atoms with E-state index in [1.807, 2.05) is 0 Å². The van der Waals surface area contributed by atoms with Crippen LogP contribution in [-0.2, 0) is 22.5 Å². The molecule has 0 atom stereocenters. The Labute approximate surface area is 238 Å². The van der Waals surface area contributed by atoms with E-state index in [1.165, 1.54) is 29.8 Å². The van der Waals surface area contributed by atoms with Gasteiger partial charge in [-0.1, -0.05) is 28.4 Å². The predicted octanol–water partition coefficient (Wildman–Crippen LogP) is 7.24. The Balaban J connectivity index is 1.18. The molecule has 2 aliphatic rings. The lowest BCUT2D eigenvalue weighted by Gasteiger charge is -2.34. The summed E-state index contributed by atoms with van der Waals surface area (Å²) < 4.78 is 27.4. The van der Waals surface area contributed by atoms with Gasteiger partial charge in [0, 0.05) is 29.4 Å². The van der Waals surface area contributed by atoms with Crippen molar-refractivity contribution in [3.8, 4) is 11.3 Å². The fraction of sp³-hybridized carbons (Fsp3) is 0.464. The average Bonchev–Trinajstić information content (AvgIpc) is 3.48. The van der Waals surface area contributed by atoms with Crippen LogP contribution in [-0.4, -0.2) is 31.4 Å². The highest BCUT2D eigenvalue weighted by Crippen LogP contribution is 2.47. The number of ether oxygens (including phenoxy) is 1. The molecule has 2 fully saturated rings. The minimum Gasteiger partial charge on any atom is -0.386 e. The Morgan fingerprint density at radius 2 is 1.85 bits per heavy atom. The van der Waals surface area contributed by atoms with E-state index in [-0.39, 0.29) is 18.2 Å². The number of halogens is 3. The van der Waals surface area contributed by atoms with Crippen molar-refractivity contribution >= 4 is 44.8 Å². The molecule has 2 N–H and O–H groups in total. The third kappa shape index (κ3) is 5.21. The largest absolute Gasteiger partial charge is 0.386 e. The third-order valence-corrected chi connectivity index (χ3v) is 9.40. The molecule has 0 radical (unpaired) electrons. The van der Waals surface area contributed by atoms with Crippen molar-refractivity contribution in [2.45, 2.75) is 82.2 Å². The van der Waals surface area contributed by atoms with Crippen LogP contribution in [0.3, 0.4) is 0 Å². The van der Waals surface area contributed by atoms with Crippen LogP contribution in [0.15, 0.2) is 29.0 Å². The van der Waals surface area contributed by atoms with E-state index in [1.54, 1.807) is 19.9 Å². The highest BCUT2D eigenvalue weighted by atomic mass is 35.5. The predicted molar refractivity (Wildman–Crippen MR) is 147 cm³/mol. The van der Waals surface area contributed by atoms with Crippen LogP contribution in [0.1, 0.15) is 80.2 Å². The van der Waals surface area contributed by atoms with Crippen molar-refractivity contribution in [1.29, 1.82) is 0 Å². The number of thiazole rings is 1. The summed E-state index contributed by atoms with van der Waals surface area (Å²) in [5.74, 6) is 0.623. The molecule has 1 aromatic carbocycles. The van der Waals surface area contributed by atoms with Crippen LogP contribution < -0.4 is 0 Å². The van der Waals surface area contributed by atoms with E-state index in [0.717, 1.165) is 24.2 Å². The zero-order chi connectivity index (χ0) is 27.5. The molecule has 7 nitrogen and oxygen atoms in total. The number of nitrogens with zero attached hydrogens (tertiary/aromatic N) is 3. The van der Waals surface area contributed by atoms with Gasteiger partial charge in [0.15, 0.2) is 5.82 Å². The highest BCUT2D eigenvalue weighted by Gasteiger charge is 2.39. The second-order valence-electron chi connectivity index (χ2n) is 11.1. The van der Waals surface area contributed by atoms with E-state index in [2.05, 4.69) is 15.1 Å². The van der Waals surface area contributed by atoms with Gasteiger partial charge in [-0.25, -0.2) is 9.37 Å². The summed E-state index contributed by atoms with van der Waals surface area (Å²) in [6, 6.07) is 3.05. The summed E-state index contributed by atoms with van der Waals surface area (Å²) >= 11 is 14.1. The number of hydrogen-bond acceptors (Lipinski definition) is 8. The number of aliphatic hydroxyl groups is 2. The van der Waals surface area contributed by atoms with Gasteiger partial charge in [0.1, 0.15) is 27.6 Å². The van der Waals surface area contributed by atoms with Crippen molar-refractivity contribution in [2.75, 3.05) is 0 Å². The molecular formula is C28H28Cl2FN3O4S. The molecule has 6 rings (SSSR count). The molecule has 39 heavy (non-hydrogen) atoms. The summed E-state index contributed by atoms with van der Waals surface area (Å²) in [4.78, 5) is 8.49. The number of hydrogen-bond donors (Lipinski definition) is 2. The van der Waals surface area contributed by atoms with Gasteiger partial charge in [0.25, 0.3) is 0 Å². The van der Waals surface area contributed by atoms with Gasteiger partial charge in [0.05, 0.1) is 33.1 Å². The number of fused-ring (bicyclic) bond motifs is 1. The van der Waals surface area contributed by atoms with Gasteiger partial charge in [0.2, 0.25) is 0 Å². The van der Waals surface area contributed by atoms with E-state index in [9.17, 15) is 14.6 Å². The zero-order valence-corrected chi connectivity index (χ0v) is 23.8. The molecule has 0 bridgehead atoms. The standard InChI is InChI=1S/C28H28Cl2FN3O4S/c1-27(2,35)15-9-20(31)24-21(10-15)39-26(33-24)28(36)7-5-16(6-8-28)37-13-17-23(34-38-25(17)14-3-4-14)22-18(29)11-32-12-19(22)30/h9-12,14,16,35-36H,3-8,13H2,1-2H3/t16-,28-. The van der Waals surface area contributed by atoms with Gasteiger partial charge in [-0.2, -0.15) is 0 Å². The Kier molecular flexibility index (Phi) is 6.97. The first kappa shape index (κ1) is 27.1. The molecule has 3 aromatic heterocycles. The van der Waals surface area contributed by atoms with Gasteiger partial charge >= 0.3 is 0 Å². The summed E-state index contributed by atoms with van der Waals surface area (Å²) in [6.45, 7) is 3.51. The van der Waals surface area contributed by atoms with Crippen molar-refractivity contribution in [1.82, 2.24) is 15.1 Å². The first-order chi connectivity index (χ1) is 18.5. The molecule has 3 heterocycles. The highest BCUT2D eigenvalue weighted by molar-refractivity contribution is 7.18. The average molecular weight is 593 g/mol. The van der Waals surface area contributed by atoms with Crippen LogP contribution in [0.5, 0.6) is 0 Å². The van der Waals surface area contributed by atoms with Crippen molar-refractivity contribution in [3.05, 3.63) is 62.3 Å². The number of benzene rings is 1. The molecule has 0 unspecified atom stereocenters. The maximum atomic E-state index is 14.8. The third-order valence-electron chi connectivity index (χ3n) is 7.63. The van der Waals surface area contributed by atoms with E-state index in [4.69, 9.17) is 32.5 Å². The number of pyridine rings is 1. The fourth-order valence-electron chi connectivity index (χ4n) is 5.15. The minimum atomic E-state index is -1.18. The molecule has 206 valence electrons. The number of aromatic nitrogens is 3. The first-order valence-electron chi connectivity index (χ1n) is 13.0. The molecule has 2 aliphatic carbocycles. The summed E-state index contributed by atoms with van der Waals surface area (Å²) in [7, 11) is 0. The molecule has 0 spiro atoms. The van der Waals surface area contributed by atoms with E-state index < -0.39 is 17.0 Å². The Morgan fingerprint density at radius 3 is 2.49 bits per heavy atom. The van der Waals surface area contributed by atoms with Crippen molar-refractivity contribution in [2.24, 2.45) is 0 Å². The van der Waals surface area contributed by atoms with E-state index in [0.29, 0.717) is 68.2 Å². The minimum absolute atomic E-state index is 0.0867. The van der Waals surface area contributed by atoms with Gasteiger partial charge in [-0.3, -0.25) is 4.98 Å². The second kappa shape index (κ2) is 10.0. The van der Waals surface area contributed by atoms with Crippen LogP contribution in [0.25, 0.3) is 21.5 Å². The monoisotopic (exact) mass is 591 g/mol. The quantitative estimate of drug-likeness (QED) is 0.233. The summed E-state index contributed by atoms with van der Waals surface area (Å²) in [5.41, 5.74) is 0.349. The second-order valence-corrected chi connectivity index (χ2v) is 12.9. The lowest BCUT2D eigenvalue weighted by molar-refractivity contribution is -0.0641. The molecular weight excluding hydrogens is 564 g/mol. The zero-order valence-electron chi connectivity index (χ0n) is 21.5. The van der Waals surface area contributed by atoms with Crippen LogP contribution in [0, 0.1) is 5.82 Å². The molecule has 2 saturated carbocycles. The Morgan fingerprint density at radius 1 is 1.15 bits per heavy atom. The summed E-state index contributed by atoms with van der Waals surface area (Å²) in [6.07, 6.45) is 7.14. The normalized spacial score (nSPS) is 22.1. The lowest BCUT2D eigenvalue weighted by atomic mass is 9.83. The van der Waals surface area contributed by atoms with Crippen LogP contribution in [0.2, 0.25) is 10.0 Å². The molecule has 4 aromatic rings. The topological polar surface area (TPSA) is 102 Å². The maximum Gasteiger partial charge on any atom is 0.150 e. The van der Waals surface area contributed by atoms with Crippen LogP contribution in [0.4, 0.5) is 4.39 Å². The first-order valence-corrected chi connectivity index (χ1v) is 14.6. The molecule has 0 aliphatic heterocycles. The fourth-order valence-corrected chi connectivity index (χ4v) is 6.86. The number of rotatable bonds is 7. The summed E-state index contributed by atoms with van der Waals surface area (Å²) in [5, 5.41) is 27.4. The maximum absolute atomic E-state index is 14.8. The van der Waals surface area contributed by atoms with Gasteiger partial charge in [-0.15, -0.1) is 11.3 Å². The lowest BCUT2D eigenvalue weighted by Crippen LogP contribution is -2.34. The molecule has 0 saturated heterocycles. The molecule has 11 heteroatoms. The smallest absolute Gasteiger partial charge is 0.150 e. The Hall–Kier alpha value is -2.14. The van der Waals surface area contributed by atoms with E-state index >= 15 is 0 Å². The SMILES string of the molecule is CC(C)(O)c1cc(F)c2nc([C@]3(O)CC[C@H](OCc4c(-c5c(Cl)cncc5Cl)noc4C4CC4)CC3)sc2c1. The van der Waals surface area contributed by atoms with Crippen molar-refractivity contribution in [3.63, 3.8) is 0 Å². The van der Waals surface area contributed by atoms with Gasteiger partial charge in [-0.05, 0) is 70.1 Å². The van der Waals surface area contributed by atoms with Gasteiger partial charge < -0.3 is 19.5 Å². The molecule has 0 amide bonds. The van der Waals surface area contributed by atoms with Crippen molar-refractivity contribution < 1.29 is 23.9 Å². The van der Waals surface area contributed by atoms with Crippen LogP contribution >= 0.6 is 34.5 Å². The Bertz CT molecular complexity index is 1520.